The van der Waals surface area contributed by atoms with Crippen LogP contribution in [-0.2, 0) is 12.8 Å². The van der Waals surface area contributed by atoms with Crippen molar-refractivity contribution in [2.75, 3.05) is 12.3 Å². The van der Waals surface area contributed by atoms with Gasteiger partial charge in [-0.2, -0.15) is 0 Å². The van der Waals surface area contributed by atoms with Gasteiger partial charge in [0.1, 0.15) is 0 Å². The summed E-state index contributed by atoms with van der Waals surface area (Å²) in [4.78, 5) is 12.1. The van der Waals surface area contributed by atoms with Crippen LogP contribution in [0.15, 0.2) is 42.5 Å². The van der Waals surface area contributed by atoms with Crippen molar-refractivity contribution in [3.63, 3.8) is 0 Å². The second kappa shape index (κ2) is 6.00. The number of anilines is 1. The molecule has 0 bridgehead atoms. The number of hydrogen-bond donors (Lipinski definition) is 2. The van der Waals surface area contributed by atoms with E-state index < -0.39 is 0 Å². The molecule has 0 heterocycles. The maximum absolute atomic E-state index is 12.1. The molecule has 1 amide bonds. The summed E-state index contributed by atoms with van der Waals surface area (Å²) in [5.41, 5.74) is 9.68. The molecule has 3 heteroatoms. The number of carbonyl (C=O) groups excluding carboxylic acids is 1. The summed E-state index contributed by atoms with van der Waals surface area (Å²) in [5, 5.41) is 3.01. The van der Waals surface area contributed by atoms with Crippen molar-refractivity contribution in [2.45, 2.75) is 19.3 Å². The van der Waals surface area contributed by atoms with Gasteiger partial charge in [0.05, 0.1) is 0 Å². The van der Waals surface area contributed by atoms with Gasteiger partial charge >= 0.3 is 0 Å². The molecule has 0 saturated carbocycles. The number of benzene rings is 2. The zero-order valence-corrected chi connectivity index (χ0v) is 11.9. The van der Waals surface area contributed by atoms with Crippen molar-refractivity contribution in [2.24, 2.45) is 5.92 Å². The van der Waals surface area contributed by atoms with Crippen molar-refractivity contribution < 1.29 is 4.79 Å². The highest BCUT2D eigenvalue weighted by atomic mass is 16.1. The van der Waals surface area contributed by atoms with E-state index in [1.165, 1.54) is 11.1 Å². The largest absolute Gasteiger partial charge is 0.399 e. The Balaban J connectivity index is 1.58. The van der Waals surface area contributed by atoms with Gasteiger partial charge in [0.15, 0.2) is 0 Å². The van der Waals surface area contributed by atoms with Gasteiger partial charge < -0.3 is 11.1 Å². The number of rotatable bonds is 3. The second-order valence-corrected chi connectivity index (χ2v) is 5.64. The van der Waals surface area contributed by atoms with E-state index in [1.54, 1.807) is 18.2 Å². The Morgan fingerprint density at radius 2 is 2.10 bits per heavy atom. The summed E-state index contributed by atoms with van der Waals surface area (Å²) in [5.74, 6) is 0.436. The van der Waals surface area contributed by atoms with E-state index in [-0.39, 0.29) is 5.91 Å². The average molecular weight is 279 g/mol. The molecule has 1 unspecified atom stereocenters. The molecule has 2 aromatic rings. The third-order valence-electron chi connectivity index (χ3n) is 4.07. The van der Waals surface area contributed by atoms with Crippen LogP contribution < -0.4 is 11.1 Å². The lowest BCUT2D eigenvalue weighted by Gasteiger charge is -2.24. The van der Waals surface area contributed by atoms with Crippen molar-refractivity contribution >= 4 is 11.6 Å². The molecule has 1 aliphatic carbocycles. The molecule has 0 aromatic heterocycles. The van der Waals surface area contributed by atoms with Gasteiger partial charge in [0.25, 0.3) is 5.91 Å². The summed E-state index contributed by atoms with van der Waals surface area (Å²) >= 11 is 0. The lowest BCUT2D eigenvalue weighted by atomic mass is 9.84. The lowest BCUT2D eigenvalue weighted by Crippen LogP contribution is -2.32. The van der Waals surface area contributed by atoms with Crippen LogP contribution >= 0.6 is 0 Å². The summed E-state index contributed by atoms with van der Waals surface area (Å²) in [6.07, 6.45) is 3.27. The van der Waals surface area contributed by atoms with Crippen LogP contribution in [0.3, 0.4) is 0 Å². The first-order valence-corrected chi connectivity index (χ1v) is 7.34. The van der Waals surface area contributed by atoms with Crippen molar-refractivity contribution in [1.29, 1.82) is 0 Å². The number of hydrogen-bond acceptors (Lipinski definition) is 2. The number of nitrogens with one attached hydrogen (secondary N) is 1. The van der Waals surface area contributed by atoms with E-state index >= 15 is 0 Å². The minimum Gasteiger partial charge on any atom is -0.399 e. The van der Waals surface area contributed by atoms with E-state index in [0.29, 0.717) is 23.7 Å². The molecule has 1 aliphatic rings. The molecule has 107 valence electrons. The highest BCUT2D eigenvalue weighted by molar-refractivity contribution is 5.94. The lowest BCUT2D eigenvalue weighted by molar-refractivity contribution is 0.0946. The monoisotopic (exact) mass is 279 g/mol. The molecule has 1 radical (unpaired) electrons. The number of amides is 1. The molecule has 1 atom stereocenters. The van der Waals surface area contributed by atoms with Crippen LogP contribution in [-0.4, -0.2) is 12.5 Å². The molecule has 21 heavy (non-hydrogen) atoms. The predicted octanol–water partition coefficient (Wildman–Crippen LogP) is 2.60. The average Bonchev–Trinajstić information content (AvgIpc) is 2.52. The molecule has 0 aliphatic heterocycles. The smallest absolute Gasteiger partial charge is 0.251 e. The Kier molecular flexibility index (Phi) is 3.91. The van der Waals surface area contributed by atoms with Crippen LogP contribution in [0.1, 0.15) is 27.9 Å². The van der Waals surface area contributed by atoms with Crippen LogP contribution in [0.4, 0.5) is 5.69 Å². The molecule has 3 rings (SSSR count). The summed E-state index contributed by atoms with van der Waals surface area (Å²) in [6, 6.07) is 16.5. The number of carbonyl (C=O) groups is 1. The van der Waals surface area contributed by atoms with E-state index in [1.807, 2.05) is 0 Å². The van der Waals surface area contributed by atoms with E-state index in [2.05, 4.69) is 35.6 Å². The first-order valence-electron chi connectivity index (χ1n) is 7.34. The fourth-order valence-electron chi connectivity index (χ4n) is 2.91. The molecule has 3 nitrogen and oxygen atoms in total. The quantitative estimate of drug-likeness (QED) is 0.849. The highest BCUT2D eigenvalue weighted by Gasteiger charge is 2.19. The minimum absolute atomic E-state index is 0.0718. The number of aryl methyl sites for hydroxylation is 1. The van der Waals surface area contributed by atoms with Gasteiger partial charge in [0.2, 0.25) is 0 Å². The zero-order chi connectivity index (χ0) is 14.7. The Labute approximate surface area is 125 Å². The van der Waals surface area contributed by atoms with E-state index in [9.17, 15) is 4.79 Å². The standard InChI is InChI=1S/C18H19N2O/c19-17-7-3-6-16(11-17)18(21)20-12-13-8-9-14-4-1-2-5-15(14)10-13/h1-2,4-7,11,13H,8-10,12,19H2,(H,20,21). The van der Waals surface area contributed by atoms with Crippen LogP contribution in [0.2, 0.25) is 0 Å². The summed E-state index contributed by atoms with van der Waals surface area (Å²) in [6.45, 7) is 0.710. The molecule has 0 saturated heterocycles. The van der Waals surface area contributed by atoms with Gasteiger partial charge in [-0.1, -0.05) is 24.3 Å². The molecule has 0 fully saturated rings. The summed E-state index contributed by atoms with van der Waals surface area (Å²) < 4.78 is 0. The zero-order valence-electron chi connectivity index (χ0n) is 11.9. The Morgan fingerprint density at radius 1 is 1.29 bits per heavy atom. The molecule has 3 N–H and O–H groups in total. The number of nitrogen functional groups attached to an aromatic ring is 1. The van der Waals surface area contributed by atoms with Gasteiger partial charge in [-0.3, -0.25) is 4.79 Å². The second-order valence-electron chi connectivity index (χ2n) is 5.64. The number of nitrogens with two attached hydrogens (primary N) is 1. The maximum atomic E-state index is 12.1. The third-order valence-corrected chi connectivity index (χ3v) is 4.07. The van der Waals surface area contributed by atoms with E-state index in [0.717, 1.165) is 19.3 Å². The van der Waals surface area contributed by atoms with Crippen molar-refractivity contribution in [3.05, 3.63) is 65.2 Å². The van der Waals surface area contributed by atoms with Crippen LogP contribution in [0, 0.1) is 12.0 Å². The van der Waals surface area contributed by atoms with Crippen LogP contribution in [0.5, 0.6) is 0 Å². The van der Waals surface area contributed by atoms with Gasteiger partial charge in [-0.15, -0.1) is 0 Å². The first kappa shape index (κ1) is 13.7. The van der Waals surface area contributed by atoms with Crippen molar-refractivity contribution in [1.82, 2.24) is 5.32 Å². The number of fused-ring (bicyclic) bond motifs is 1. The van der Waals surface area contributed by atoms with Gasteiger partial charge in [-0.05, 0) is 60.6 Å². The molecule has 0 spiro atoms. The fraction of sp³-hybridized carbons (Fsp3) is 0.278. The first-order chi connectivity index (χ1) is 10.2. The Morgan fingerprint density at radius 3 is 2.90 bits per heavy atom. The SMILES string of the molecule is Nc1c[c]cc(C(=O)NCC2CCc3ccccc3C2)c1. The minimum atomic E-state index is -0.0718. The Hall–Kier alpha value is -2.29. The third kappa shape index (κ3) is 3.24. The maximum Gasteiger partial charge on any atom is 0.251 e. The molecular formula is C18H19N2O. The van der Waals surface area contributed by atoms with Crippen LogP contribution in [0.25, 0.3) is 0 Å². The van der Waals surface area contributed by atoms with Gasteiger partial charge in [0, 0.05) is 17.8 Å². The Bertz CT molecular complexity index is 651. The predicted molar refractivity (Wildman–Crippen MR) is 84.0 cm³/mol. The molecular weight excluding hydrogens is 260 g/mol. The topological polar surface area (TPSA) is 55.1 Å². The highest BCUT2D eigenvalue weighted by Crippen LogP contribution is 2.24. The fourth-order valence-corrected chi connectivity index (χ4v) is 2.91. The molecule has 2 aromatic carbocycles. The van der Waals surface area contributed by atoms with E-state index in [4.69, 9.17) is 5.73 Å². The van der Waals surface area contributed by atoms with Gasteiger partial charge in [-0.25, -0.2) is 0 Å². The summed E-state index contributed by atoms with van der Waals surface area (Å²) in [7, 11) is 0. The van der Waals surface area contributed by atoms with Crippen molar-refractivity contribution in [3.8, 4) is 0 Å². The normalized spacial score (nSPS) is 17.0.